The van der Waals surface area contributed by atoms with Crippen LogP contribution in [0.1, 0.15) is 43.9 Å². The first-order valence-electron chi connectivity index (χ1n) is 11.4. The van der Waals surface area contributed by atoms with Gasteiger partial charge in [-0.1, -0.05) is 12.1 Å². The fourth-order valence-electron chi connectivity index (χ4n) is 4.27. The number of hydrogen-bond donors (Lipinski definition) is 0. The topological polar surface area (TPSA) is 115 Å². The molecule has 1 aromatic heterocycles. The largest absolute Gasteiger partial charge is 0.481 e. The van der Waals surface area contributed by atoms with Crippen molar-refractivity contribution in [1.82, 2.24) is 9.88 Å². The van der Waals surface area contributed by atoms with Gasteiger partial charge in [-0.15, -0.1) is 0 Å². The Kier molecular flexibility index (Phi) is 6.68. The number of fused-ring (bicyclic) bond motifs is 1. The standard InChI is InChI=1S/C25H29N3O6S/c1-25(2,3)34-24(30)28-14-18(15-28)27-35(31,32)23(29)13-21-19-7-5-6-16(19)8-9-20(21)17-10-11-26-22(12-17)33-4/h8-12H,5-7,13-15H2,1-4H3. The first-order chi connectivity index (χ1) is 16.5. The number of amides is 1. The predicted molar refractivity (Wildman–Crippen MR) is 131 cm³/mol. The van der Waals surface area contributed by atoms with Gasteiger partial charge in [0.15, 0.2) is 0 Å². The molecule has 0 radical (unpaired) electrons. The molecule has 186 valence electrons. The van der Waals surface area contributed by atoms with E-state index in [-0.39, 0.29) is 25.2 Å². The molecule has 1 fully saturated rings. The Balaban J connectivity index is 1.55. The van der Waals surface area contributed by atoms with Gasteiger partial charge in [0.1, 0.15) is 5.60 Å². The molecule has 0 bridgehead atoms. The Morgan fingerprint density at radius 2 is 1.89 bits per heavy atom. The Morgan fingerprint density at radius 3 is 2.57 bits per heavy atom. The summed E-state index contributed by atoms with van der Waals surface area (Å²) in [6.45, 7) is 5.28. The van der Waals surface area contributed by atoms with Gasteiger partial charge in [-0.3, -0.25) is 9.69 Å². The average Bonchev–Trinajstić information content (AvgIpc) is 3.24. The molecule has 0 unspecified atom stereocenters. The van der Waals surface area contributed by atoms with Crippen molar-refractivity contribution in [1.29, 1.82) is 0 Å². The molecule has 35 heavy (non-hydrogen) atoms. The van der Waals surface area contributed by atoms with Crippen molar-refractivity contribution in [2.45, 2.75) is 52.1 Å². The van der Waals surface area contributed by atoms with Gasteiger partial charge in [0.2, 0.25) is 5.88 Å². The van der Waals surface area contributed by atoms with Crippen LogP contribution in [0, 0.1) is 0 Å². The van der Waals surface area contributed by atoms with Gasteiger partial charge in [0, 0.05) is 18.7 Å². The van der Waals surface area contributed by atoms with Crippen LogP contribution < -0.4 is 4.74 Å². The minimum Gasteiger partial charge on any atom is -0.481 e. The number of pyridine rings is 1. The summed E-state index contributed by atoms with van der Waals surface area (Å²) in [7, 11) is -2.88. The van der Waals surface area contributed by atoms with Crippen LogP contribution in [0.2, 0.25) is 0 Å². The van der Waals surface area contributed by atoms with E-state index in [1.54, 1.807) is 33.0 Å². The summed E-state index contributed by atoms with van der Waals surface area (Å²) in [5.41, 5.74) is 4.03. The third-order valence-corrected chi connectivity index (χ3v) is 7.13. The molecule has 1 aliphatic carbocycles. The lowest BCUT2D eigenvalue weighted by molar-refractivity contribution is -0.111. The molecule has 0 N–H and O–H groups in total. The molecule has 2 aliphatic rings. The molecule has 0 spiro atoms. The summed E-state index contributed by atoms with van der Waals surface area (Å²) in [6.07, 6.45) is 3.42. The molecule has 2 aromatic rings. The van der Waals surface area contributed by atoms with Crippen molar-refractivity contribution in [2.75, 3.05) is 20.2 Å². The maximum Gasteiger partial charge on any atom is 0.410 e. The number of benzene rings is 1. The van der Waals surface area contributed by atoms with E-state index in [4.69, 9.17) is 9.47 Å². The lowest BCUT2D eigenvalue weighted by Crippen LogP contribution is -2.52. The van der Waals surface area contributed by atoms with Gasteiger partial charge >= 0.3 is 16.1 Å². The number of methoxy groups -OCH3 is 1. The van der Waals surface area contributed by atoms with Gasteiger partial charge in [-0.05, 0) is 73.9 Å². The summed E-state index contributed by atoms with van der Waals surface area (Å²) >= 11 is 0. The summed E-state index contributed by atoms with van der Waals surface area (Å²) in [5, 5.41) is -0.969. The zero-order valence-electron chi connectivity index (χ0n) is 20.3. The first kappa shape index (κ1) is 24.8. The number of rotatable bonds is 5. The maximum atomic E-state index is 13.0. The number of aromatic nitrogens is 1. The molecule has 1 aliphatic heterocycles. The number of nitrogens with zero attached hydrogens (tertiary/aromatic N) is 3. The number of carbonyl (C=O) groups is 2. The van der Waals surface area contributed by atoms with E-state index in [1.165, 1.54) is 12.0 Å². The number of hydrogen-bond acceptors (Lipinski definition) is 7. The summed E-state index contributed by atoms with van der Waals surface area (Å²) in [5.74, 6) is 0.429. The number of likely N-dealkylation sites (tertiary alicyclic amines) is 1. The highest BCUT2D eigenvalue weighted by Gasteiger charge is 2.34. The summed E-state index contributed by atoms with van der Waals surface area (Å²) in [6, 6.07) is 7.53. The molecule has 9 nitrogen and oxygen atoms in total. The highest BCUT2D eigenvalue weighted by molar-refractivity contribution is 8.05. The molecule has 4 rings (SSSR count). The van der Waals surface area contributed by atoms with Crippen molar-refractivity contribution < 1.29 is 27.5 Å². The second kappa shape index (κ2) is 9.41. The number of sulfonamides is 1. The predicted octanol–water partition coefficient (Wildman–Crippen LogP) is 3.34. The number of ether oxygens (including phenoxy) is 2. The Labute approximate surface area is 205 Å². The SMILES string of the molecule is COc1cc(-c2ccc3c(c2CC(=O)S(=O)(=O)N=C2CN(C(=O)OC(C)(C)C)C2)CCC3)ccn1. The van der Waals surface area contributed by atoms with Crippen molar-refractivity contribution in [2.24, 2.45) is 4.40 Å². The number of carbonyl (C=O) groups excluding carboxylic acids is 2. The van der Waals surface area contributed by atoms with Crippen LogP contribution in [0.4, 0.5) is 4.79 Å². The molecule has 10 heteroatoms. The highest BCUT2D eigenvalue weighted by Crippen LogP contribution is 2.35. The zero-order valence-corrected chi connectivity index (χ0v) is 21.1. The minimum atomic E-state index is -4.40. The maximum absolute atomic E-state index is 13.0. The molecule has 2 heterocycles. The van der Waals surface area contributed by atoms with Crippen molar-refractivity contribution >= 4 is 26.9 Å². The van der Waals surface area contributed by atoms with Crippen LogP contribution in [0.25, 0.3) is 11.1 Å². The van der Waals surface area contributed by atoms with E-state index in [2.05, 4.69) is 9.38 Å². The quantitative estimate of drug-likeness (QED) is 0.620. The van der Waals surface area contributed by atoms with Gasteiger partial charge in [-0.25, -0.2) is 9.78 Å². The van der Waals surface area contributed by atoms with Gasteiger partial charge in [0.25, 0.3) is 5.12 Å². The van der Waals surface area contributed by atoms with E-state index >= 15 is 0 Å². The van der Waals surface area contributed by atoms with E-state index in [0.717, 1.165) is 41.5 Å². The molecular weight excluding hydrogens is 470 g/mol. The van der Waals surface area contributed by atoms with E-state index < -0.39 is 26.8 Å². The van der Waals surface area contributed by atoms with Crippen LogP contribution in [-0.4, -0.2) is 61.0 Å². The van der Waals surface area contributed by atoms with Gasteiger partial charge < -0.3 is 9.47 Å². The molecule has 0 saturated carbocycles. The van der Waals surface area contributed by atoms with Crippen molar-refractivity contribution in [3.63, 3.8) is 0 Å². The van der Waals surface area contributed by atoms with E-state index in [0.29, 0.717) is 11.4 Å². The monoisotopic (exact) mass is 499 g/mol. The summed E-state index contributed by atoms with van der Waals surface area (Å²) < 4.78 is 39.8. The van der Waals surface area contributed by atoms with Crippen LogP contribution in [0.3, 0.4) is 0 Å². The normalized spacial score (nSPS) is 15.3. The van der Waals surface area contributed by atoms with Crippen LogP contribution in [-0.2, 0) is 38.8 Å². The highest BCUT2D eigenvalue weighted by atomic mass is 32.2. The lowest BCUT2D eigenvalue weighted by atomic mass is 9.92. The minimum absolute atomic E-state index is 0.0181. The third kappa shape index (κ3) is 5.53. The molecular formula is C25H29N3O6S. The molecule has 1 saturated heterocycles. The van der Waals surface area contributed by atoms with Crippen LogP contribution >= 0.6 is 0 Å². The number of aryl methyl sites for hydroxylation is 1. The van der Waals surface area contributed by atoms with Crippen LogP contribution in [0.5, 0.6) is 5.88 Å². The summed E-state index contributed by atoms with van der Waals surface area (Å²) in [4.78, 5) is 30.5. The van der Waals surface area contributed by atoms with E-state index in [9.17, 15) is 18.0 Å². The Morgan fingerprint density at radius 1 is 1.14 bits per heavy atom. The van der Waals surface area contributed by atoms with E-state index in [1.807, 2.05) is 18.2 Å². The fraction of sp³-hybridized carbons (Fsp3) is 0.440. The smallest absolute Gasteiger partial charge is 0.410 e. The van der Waals surface area contributed by atoms with Gasteiger partial charge in [-0.2, -0.15) is 12.8 Å². The molecule has 1 aromatic carbocycles. The average molecular weight is 500 g/mol. The Bertz CT molecular complexity index is 1300. The first-order valence-corrected chi connectivity index (χ1v) is 12.9. The van der Waals surface area contributed by atoms with Crippen molar-refractivity contribution in [3.05, 3.63) is 47.2 Å². The second-order valence-electron chi connectivity index (χ2n) is 9.69. The third-order valence-electron chi connectivity index (χ3n) is 5.91. The van der Waals surface area contributed by atoms with Crippen LogP contribution in [0.15, 0.2) is 34.9 Å². The zero-order chi connectivity index (χ0) is 25.4. The Hall–Kier alpha value is -3.27. The van der Waals surface area contributed by atoms with Gasteiger partial charge in [0.05, 0.1) is 25.9 Å². The molecule has 0 atom stereocenters. The fourth-order valence-corrected chi connectivity index (χ4v) is 5.15. The second-order valence-corrected chi connectivity index (χ2v) is 11.3. The lowest BCUT2D eigenvalue weighted by Gasteiger charge is -2.34. The van der Waals surface area contributed by atoms with Crippen molar-refractivity contribution in [3.8, 4) is 17.0 Å². The molecule has 1 amide bonds.